The highest BCUT2D eigenvalue weighted by Gasteiger charge is 2.31. The molecule has 1 amide bonds. The molecule has 1 aliphatic rings. The molecule has 0 aromatic heterocycles. The number of fused-ring (bicyclic) bond motifs is 1. The molecule has 1 aromatic rings. The summed E-state index contributed by atoms with van der Waals surface area (Å²) in [5.41, 5.74) is 0.757. The normalized spacial score (nSPS) is 17.9. The molecule has 0 aliphatic carbocycles. The number of anilines is 1. The van der Waals surface area contributed by atoms with Crippen LogP contribution in [-0.4, -0.2) is 42.7 Å². The topological polar surface area (TPSA) is 70.6 Å². The van der Waals surface area contributed by atoms with Crippen molar-refractivity contribution < 1.29 is 23.4 Å². The number of aliphatic hydroxyl groups excluding tert-OH is 1. The molecule has 1 aliphatic heterocycles. The molecule has 0 bridgehead atoms. The Morgan fingerprint density at radius 2 is 2.26 bits per heavy atom. The maximum atomic E-state index is 12.8. The summed E-state index contributed by atoms with van der Waals surface area (Å²) in [5, 5.41) is 13.4. The van der Waals surface area contributed by atoms with Crippen LogP contribution in [0.1, 0.15) is 0 Å². The van der Waals surface area contributed by atoms with E-state index in [9.17, 15) is 13.6 Å². The Kier molecular flexibility index (Phi) is 3.84. The second-order valence-corrected chi connectivity index (χ2v) is 4.22. The summed E-state index contributed by atoms with van der Waals surface area (Å²) in [6.45, 7) is -2.02. The maximum absolute atomic E-state index is 12.8. The summed E-state index contributed by atoms with van der Waals surface area (Å²) in [5.74, 6) is -3.46. The lowest BCUT2D eigenvalue weighted by atomic mass is 10.2. The van der Waals surface area contributed by atoms with Crippen LogP contribution in [0.3, 0.4) is 0 Å². The van der Waals surface area contributed by atoms with Crippen LogP contribution in [0, 0.1) is 0 Å². The summed E-state index contributed by atoms with van der Waals surface area (Å²) >= 11 is 0. The number of aliphatic hydroxyl groups is 1. The van der Waals surface area contributed by atoms with Gasteiger partial charge in [0.1, 0.15) is 12.4 Å². The van der Waals surface area contributed by atoms with Crippen molar-refractivity contribution in [2.75, 3.05) is 25.0 Å². The van der Waals surface area contributed by atoms with Gasteiger partial charge in [-0.25, -0.2) is 8.78 Å². The number of carbonyl (C=O) groups is 1. The molecule has 1 atom stereocenters. The van der Waals surface area contributed by atoms with E-state index in [0.717, 1.165) is 5.69 Å². The number of halogens is 2. The molecule has 19 heavy (non-hydrogen) atoms. The molecular formula is C12H14F2N2O3. The zero-order chi connectivity index (χ0) is 13.9. The number of amides is 1. The summed E-state index contributed by atoms with van der Waals surface area (Å²) in [7, 11) is 0. The Morgan fingerprint density at radius 3 is 3.00 bits per heavy atom. The van der Waals surface area contributed by atoms with E-state index in [1.54, 1.807) is 18.2 Å². The van der Waals surface area contributed by atoms with Gasteiger partial charge in [0.05, 0.1) is 18.8 Å². The van der Waals surface area contributed by atoms with Crippen molar-refractivity contribution in [3.63, 3.8) is 0 Å². The minimum absolute atomic E-state index is 0.202. The van der Waals surface area contributed by atoms with Crippen molar-refractivity contribution in [1.29, 1.82) is 0 Å². The molecule has 0 saturated carbocycles. The van der Waals surface area contributed by atoms with Gasteiger partial charge in [0.25, 0.3) is 11.8 Å². The third-order valence-corrected chi connectivity index (χ3v) is 2.68. The summed E-state index contributed by atoms with van der Waals surface area (Å²) in [6.07, 6.45) is -0.871. The van der Waals surface area contributed by atoms with Gasteiger partial charge in [-0.05, 0) is 12.1 Å². The average Bonchev–Trinajstić information content (AvgIpc) is 2.44. The summed E-state index contributed by atoms with van der Waals surface area (Å²) < 4.78 is 31.0. The molecule has 0 radical (unpaired) electrons. The lowest BCUT2D eigenvalue weighted by Gasteiger charge is -2.27. The molecule has 1 unspecified atom stereocenters. The molecule has 3 N–H and O–H groups in total. The SMILES string of the molecule is O=C(NCC(F)(F)CO)C1CNc2ccccc2O1. The molecule has 0 spiro atoms. The number of hydrogen-bond acceptors (Lipinski definition) is 4. The standard InChI is InChI=1S/C12H14F2N2O3/c13-12(14,7-17)6-16-11(18)10-5-15-8-3-1-2-4-9(8)19-10/h1-4,10,15,17H,5-7H2,(H,16,18). The van der Waals surface area contributed by atoms with Crippen molar-refractivity contribution in [2.45, 2.75) is 12.0 Å². The van der Waals surface area contributed by atoms with Crippen LogP contribution in [0.4, 0.5) is 14.5 Å². The van der Waals surface area contributed by atoms with Crippen LogP contribution in [0.15, 0.2) is 24.3 Å². The van der Waals surface area contributed by atoms with Gasteiger partial charge in [0, 0.05) is 0 Å². The Labute approximate surface area is 108 Å². The first kappa shape index (κ1) is 13.5. The first-order valence-corrected chi connectivity index (χ1v) is 5.78. The van der Waals surface area contributed by atoms with E-state index in [-0.39, 0.29) is 6.54 Å². The van der Waals surface area contributed by atoms with Crippen LogP contribution in [0.5, 0.6) is 5.75 Å². The van der Waals surface area contributed by atoms with Gasteiger partial charge >= 0.3 is 0 Å². The van der Waals surface area contributed by atoms with E-state index in [0.29, 0.717) is 5.75 Å². The number of nitrogens with one attached hydrogen (secondary N) is 2. The molecule has 5 nitrogen and oxygen atoms in total. The van der Waals surface area contributed by atoms with Crippen molar-refractivity contribution in [3.8, 4) is 5.75 Å². The fourth-order valence-electron chi connectivity index (χ4n) is 1.65. The largest absolute Gasteiger partial charge is 0.477 e. The highest BCUT2D eigenvalue weighted by Crippen LogP contribution is 2.28. The van der Waals surface area contributed by atoms with Crippen LogP contribution in [-0.2, 0) is 4.79 Å². The summed E-state index contributed by atoms with van der Waals surface area (Å²) in [4.78, 5) is 11.7. The fraction of sp³-hybridized carbons (Fsp3) is 0.417. The van der Waals surface area contributed by atoms with Gasteiger partial charge in [-0.2, -0.15) is 0 Å². The molecule has 1 aromatic carbocycles. The Bertz CT molecular complexity index is 468. The summed E-state index contributed by atoms with van der Waals surface area (Å²) in [6, 6.07) is 7.05. The molecule has 0 saturated heterocycles. The van der Waals surface area contributed by atoms with Crippen molar-refractivity contribution in [3.05, 3.63) is 24.3 Å². The zero-order valence-electron chi connectivity index (χ0n) is 10.0. The Morgan fingerprint density at radius 1 is 1.53 bits per heavy atom. The lowest BCUT2D eigenvalue weighted by Crippen LogP contribution is -2.48. The van der Waals surface area contributed by atoms with Gasteiger partial charge < -0.3 is 20.5 Å². The third-order valence-electron chi connectivity index (χ3n) is 2.68. The van der Waals surface area contributed by atoms with Crippen LogP contribution in [0.2, 0.25) is 0 Å². The lowest BCUT2D eigenvalue weighted by molar-refractivity contribution is -0.130. The average molecular weight is 272 g/mol. The number of alkyl halides is 2. The van der Waals surface area contributed by atoms with Gasteiger partial charge in [-0.15, -0.1) is 0 Å². The molecular weight excluding hydrogens is 258 g/mol. The monoisotopic (exact) mass is 272 g/mol. The first-order valence-electron chi connectivity index (χ1n) is 5.78. The van der Waals surface area contributed by atoms with Gasteiger partial charge in [-0.3, -0.25) is 4.79 Å². The Balaban J connectivity index is 1.92. The molecule has 7 heteroatoms. The third kappa shape index (κ3) is 3.31. The van der Waals surface area contributed by atoms with Gasteiger partial charge in [0.2, 0.25) is 0 Å². The highest BCUT2D eigenvalue weighted by molar-refractivity contribution is 5.83. The molecule has 0 fully saturated rings. The van der Waals surface area contributed by atoms with Crippen LogP contribution >= 0.6 is 0 Å². The number of hydrogen-bond donors (Lipinski definition) is 3. The van der Waals surface area contributed by atoms with E-state index in [4.69, 9.17) is 9.84 Å². The zero-order valence-corrected chi connectivity index (χ0v) is 10.0. The minimum Gasteiger partial charge on any atom is -0.477 e. The van der Waals surface area contributed by atoms with Crippen molar-refractivity contribution in [1.82, 2.24) is 5.32 Å². The van der Waals surface area contributed by atoms with Gasteiger partial charge in [0.15, 0.2) is 6.10 Å². The van der Waals surface area contributed by atoms with Crippen molar-refractivity contribution in [2.24, 2.45) is 0 Å². The first-order chi connectivity index (χ1) is 9.02. The van der Waals surface area contributed by atoms with E-state index < -0.39 is 31.1 Å². The number of ether oxygens (including phenoxy) is 1. The molecule has 1 heterocycles. The van der Waals surface area contributed by atoms with Crippen LogP contribution < -0.4 is 15.4 Å². The van der Waals surface area contributed by atoms with Crippen LogP contribution in [0.25, 0.3) is 0 Å². The van der Waals surface area contributed by atoms with E-state index >= 15 is 0 Å². The fourth-order valence-corrected chi connectivity index (χ4v) is 1.65. The number of rotatable bonds is 4. The quantitative estimate of drug-likeness (QED) is 0.751. The second-order valence-electron chi connectivity index (χ2n) is 4.22. The highest BCUT2D eigenvalue weighted by atomic mass is 19.3. The van der Waals surface area contributed by atoms with E-state index in [1.807, 2.05) is 6.07 Å². The van der Waals surface area contributed by atoms with E-state index in [2.05, 4.69) is 10.6 Å². The predicted octanol–water partition coefficient (Wildman–Crippen LogP) is 0.603. The second kappa shape index (κ2) is 5.40. The molecule has 2 rings (SSSR count). The van der Waals surface area contributed by atoms with Gasteiger partial charge in [-0.1, -0.05) is 12.1 Å². The number of para-hydroxylation sites is 2. The smallest absolute Gasteiger partial charge is 0.287 e. The molecule has 104 valence electrons. The maximum Gasteiger partial charge on any atom is 0.287 e. The van der Waals surface area contributed by atoms with Crippen molar-refractivity contribution >= 4 is 11.6 Å². The predicted molar refractivity (Wildman–Crippen MR) is 64.4 cm³/mol. The van der Waals surface area contributed by atoms with E-state index in [1.165, 1.54) is 0 Å². The minimum atomic E-state index is -3.32. The Hall–Kier alpha value is -1.89. The number of carbonyl (C=O) groups excluding carboxylic acids is 1. The number of benzene rings is 1.